The first kappa shape index (κ1) is 18.0. The highest BCUT2D eigenvalue weighted by Gasteiger charge is 2.32. The number of aromatic amines is 1. The molecule has 3 N–H and O–H groups in total. The minimum absolute atomic E-state index is 0.128. The molecule has 2 aromatic carbocycles. The SMILES string of the molecule is Cc1ccc(F)c2c1C(CCNC(=O)c1cc3cc(Br)ccc3[nH]1)C(C)N2. The van der Waals surface area contributed by atoms with E-state index in [9.17, 15) is 9.18 Å². The number of hydrogen-bond donors (Lipinski definition) is 3. The van der Waals surface area contributed by atoms with E-state index in [1.807, 2.05) is 37.3 Å². The number of aryl methyl sites for hydroxylation is 1. The van der Waals surface area contributed by atoms with Gasteiger partial charge in [-0.15, -0.1) is 0 Å². The van der Waals surface area contributed by atoms with E-state index in [4.69, 9.17) is 0 Å². The third kappa shape index (κ3) is 3.34. The van der Waals surface area contributed by atoms with Crippen LogP contribution in [0.25, 0.3) is 10.9 Å². The summed E-state index contributed by atoms with van der Waals surface area (Å²) in [6, 6.07) is 11.2. The standard InChI is InChI=1S/C21H21BrFN3O/c1-11-3-5-16(23)20-19(11)15(12(2)25-20)7-8-24-21(27)18-10-13-9-14(22)4-6-17(13)26-18/h3-6,9-10,12,15,25-26H,7-8H2,1-2H3,(H,24,27). The Morgan fingerprint density at radius 3 is 2.89 bits per heavy atom. The van der Waals surface area contributed by atoms with Crippen LogP contribution in [0.1, 0.15) is 40.9 Å². The van der Waals surface area contributed by atoms with Gasteiger partial charge in [-0.1, -0.05) is 22.0 Å². The Bertz CT molecular complexity index is 1030. The van der Waals surface area contributed by atoms with Gasteiger partial charge in [-0.2, -0.15) is 0 Å². The van der Waals surface area contributed by atoms with Gasteiger partial charge in [0.25, 0.3) is 5.91 Å². The molecule has 2 atom stereocenters. The molecule has 6 heteroatoms. The van der Waals surface area contributed by atoms with Crippen molar-refractivity contribution in [3.05, 3.63) is 63.5 Å². The Morgan fingerprint density at radius 2 is 2.07 bits per heavy atom. The van der Waals surface area contributed by atoms with Gasteiger partial charge in [0.2, 0.25) is 0 Å². The van der Waals surface area contributed by atoms with Crippen molar-refractivity contribution in [3.8, 4) is 0 Å². The maximum absolute atomic E-state index is 14.1. The largest absolute Gasteiger partial charge is 0.379 e. The van der Waals surface area contributed by atoms with Crippen LogP contribution in [0.4, 0.5) is 10.1 Å². The summed E-state index contributed by atoms with van der Waals surface area (Å²) >= 11 is 3.44. The van der Waals surface area contributed by atoms with Crippen LogP contribution in [0.2, 0.25) is 0 Å². The van der Waals surface area contributed by atoms with Gasteiger partial charge in [-0.25, -0.2) is 4.39 Å². The van der Waals surface area contributed by atoms with E-state index >= 15 is 0 Å². The highest BCUT2D eigenvalue weighted by Crippen LogP contribution is 2.41. The average Bonchev–Trinajstić information content (AvgIpc) is 3.20. The lowest BCUT2D eigenvalue weighted by Gasteiger charge is -2.17. The van der Waals surface area contributed by atoms with Crippen molar-refractivity contribution in [3.63, 3.8) is 0 Å². The van der Waals surface area contributed by atoms with Gasteiger partial charge >= 0.3 is 0 Å². The fourth-order valence-corrected chi connectivity index (χ4v) is 4.34. The van der Waals surface area contributed by atoms with Crippen LogP contribution in [-0.4, -0.2) is 23.5 Å². The fraction of sp³-hybridized carbons (Fsp3) is 0.286. The summed E-state index contributed by atoms with van der Waals surface area (Å²) in [5.41, 5.74) is 4.20. The van der Waals surface area contributed by atoms with Crippen molar-refractivity contribution >= 4 is 38.4 Å². The molecule has 140 valence electrons. The van der Waals surface area contributed by atoms with E-state index in [-0.39, 0.29) is 23.7 Å². The molecular formula is C21H21BrFN3O. The van der Waals surface area contributed by atoms with Gasteiger partial charge in [0.05, 0.1) is 5.69 Å². The number of fused-ring (bicyclic) bond motifs is 2. The third-order valence-corrected chi connectivity index (χ3v) is 5.82. The van der Waals surface area contributed by atoms with E-state index in [0.29, 0.717) is 17.9 Å². The first-order chi connectivity index (χ1) is 12.9. The second-order valence-corrected chi connectivity index (χ2v) is 8.07. The molecule has 2 unspecified atom stereocenters. The third-order valence-electron chi connectivity index (χ3n) is 5.33. The Morgan fingerprint density at radius 1 is 1.26 bits per heavy atom. The minimum Gasteiger partial charge on any atom is -0.379 e. The monoisotopic (exact) mass is 429 g/mol. The predicted molar refractivity (Wildman–Crippen MR) is 110 cm³/mol. The summed E-state index contributed by atoms with van der Waals surface area (Å²) in [6.45, 7) is 4.59. The number of amides is 1. The molecule has 0 spiro atoms. The molecule has 4 rings (SSSR count). The van der Waals surface area contributed by atoms with Crippen molar-refractivity contribution in [1.82, 2.24) is 10.3 Å². The van der Waals surface area contributed by atoms with Crippen LogP contribution in [0.5, 0.6) is 0 Å². The van der Waals surface area contributed by atoms with Gasteiger partial charge in [0, 0.05) is 33.9 Å². The molecule has 2 heterocycles. The summed E-state index contributed by atoms with van der Waals surface area (Å²) in [5, 5.41) is 7.22. The zero-order valence-corrected chi connectivity index (χ0v) is 16.8. The van der Waals surface area contributed by atoms with Crippen LogP contribution < -0.4 is 10.6 Å². The van der Waals surface area contributed by atoms with E-state index in [2.05, 4.69) is 38.5 Å². The fourth-order valence-electron chi connectivity index (χ4n) is 3.96. The molecule has 3 aromatic rings. The van der Waals surface area contributed by atoms with E-state index < -0.39 is 0 Å². The number of anilines is 1. The van der Waals surface area contributed by atoms with Gasteiger partial charge in [-0.05, 0) is 61.7 Å². The number of hydrogen-bond acceptors (Lipinski definition) is 2. The first-order valence-electron chi connectivity index (χ1n) is 9.06. The molecule has 4 nitrogen and oxygen atoms in total. The van der Waals surface area contributed by atoms with Crippen LogP contribution >= 0.6 is 15.9 Å². The van der Waals surface area contributed by atoms with Gasteiger partial charge in [0.15, 0.2) is 0 Å². The number of benzene rings is 2. The normalized spacial score (nSPS) is 18.4. The highest BCUT2D eigenvalue weighted by atomic mass is 79.9. The molecule has 0 saturated heterocycles. The second-order valence-electron chi connectivity index (χ2n) is 7.15. The summed E-state index contributed by atoms with van der Waals surface area (Å²) < 4.78 is 15.1. The molecule has 1 aromatic heterocycles. The first-order valence-corrected chi connectivity index (χ1v) is 9.85. The summed E-state index contributed by atoms with van der Waals surface area (Å²) in [7, 11) is 0. The Hall–Kier alpha value is -2.34. The number of carbonyl (C=O) groups is 1. The molecule has 0 aliphatic carbocycles. The zero-order chi connectivity index (χ0) is 19.1. The number of carbonyl (C=O) groups excluding carboxylic acids is 1. The zero-order valence-electron chi connectivity index (χ0n) is 15.2. The number of H-pyrrole nitrogens is 1. The molecule has 0 fully saturated rings. The van der Waals surface area contributed by atoms with Crippen molar-refractivity contribution < 1.29 is 9.18 Å². The lowest BCUT2D eigenvalue weighted by Crippen LogP contribution is -2.27. The molecule has 0 bridgehead atoms. The van der Waals surface area contributed by atoms with Crippen molar-refractivity contribution in [2.45, 2.75) is 32.2 Å². The van der Waals surface area contributed by atoms with E-state index in [1.165, 1.54) is 6.07 Å². The number of nitrogens with one attached hydrogen (secondary N) is 3. The minimum atomic E-state index is -0.210. The van der Waals surface area contributed by atoms with Crippen molar-refractivity contribution in [2.24, 2.45) is 0 Å². The lowest BCUT2D eigenvalue weighted by molar-refractivity contribution is 0.0948. The summed E-state index contributed by atoms with van der Waals surface area (Å²) in [6.07, 6.45) is 0.753. The number of aromatic nitrogens is 1. The number of rotatable bonds is 4. The molecule has 0 saturated carbocycles. The van der Waals surface area contributed by atoms with Crippen LogP contribution in [-0.2, 0) is 0 Å². The van der Waals surface area contributed by atoms with Gasteiger partial charge < -0.3 is 15.6 Å². The average molecular weight is 430 g/mol. The maximum atomic E-state index is 14.1. The molecular weight excluding hydrogens is 409 g/mol. The Labute approximate surface area is 165 Å². The van der Waals surface area contributed by atoms with Crippen molar-refractivity contribution in [1.29, 1.82) is 0 Å². The van der Waals surface area contributed by atoms with Crippen LogP contribution in [0, 0.1) is 12.7 Å². The van der Waals surface area contributed by atoms with Crippen molar-refractivity contribution in [2.75, 3.05) is 11.9 Å². The molecule has 0 radical (unpaired) electrons. The van der Waals surface area contributed by atoms with Crippen LogP contribution in [0.15, 0.2) is 40.9 Å². The Balaban J connectivity index is 1.44. The smallest absolute Gasteiger partial charge is 0.267 e. The summed E-state index contributed by atoms with van der Waals surface area (Å²) in [5.74, 6) is -0.162. The molecule has 1 amide bonds. The number of halogens is 2. The molecule has 27 heavy (non-hydrogen) atoms. The quantitative estimate of drug-likeness (QED) is 0.540. The van der Waals surface area contributed by atoms with Gasteiger partial charge in [0.1, 0.15) is 11.5 Å². The molecule has 1 aliphatic heterocycles. The maximum Gasteiger partial charge on any atom is 0.267 e. The predicted octanol–water partition coefficient (Wildman–Crippen LogP) is 5.10. The Kier molecular flexibility index (Phi) is 4.68. The van der Waals surface area contributed by atoms with Crippen LogP contribution in [0.3, 0.4) is 0 Å². The summed E-state index contributed by atoms with van der Waals surface area (Å²) in [4.78, 5) is 15.6. The topological polar surface area (TPSA) is 56.9 Å². The van der Waals surface area contributed by atoms with Gasteiger partial charge in [-0.3, -0.25) is 4.79 Å². The second kappa shape index (κ2) is 7.00. The highest BCUT2D eigenvalue weighted by molar-refractivity contribution is 9.10. The van der Waals surface area contributed by atoms with E-state index in [0.717, 1.165) is 32.9 Å². The molecule has 1 aliphatic rings. The van der Waals surface area contributed by atoms with E-state index in [1.54, 1.807) is 0 Å². The lowest BCUT2D eigenvalue weighted by atomic mass is 9.89.